The molecular weight excluding hydrogens is 200 g/mol. The molecule has 1 heterocycles. The summed E-state index contributed by atoms with van der Waals surface area (Å²) in [6.07, 6.45) is 3.76. The lowest BCUT2D eigenvalue weighted by Gasteiger charge is -2.00. The lowest BCUT2D eigenvalue weighted by atomic mass is 10.5. The highest BCUT2D eigenvalue weighted by Gasteiger charge is 2.02. The summed E-state index contributed by atoms with van der Waals surface area (Å²) in [5.41, 5.74) is 0. The third-order valence-electron chi connectivity index (χ3n) is 1.38. The van der Waals surface area contributed by atoms with E-state index in [1.165, 1.54) is 11.8 Å². The molecule has 0 aliphatic carbocycles. The van der Waals surface area contributed by atoms with Gasteiger partial charge in [0.1, 0.15) is 0 Å². The van der Waals surface area contributed by atoms with Crippen molar-refractivity contribution in [1.29, 1.82) is 0 Å². The van der Waals surface area contributed by atoms with Crippen LogP contribution >= 0.6 is 11.8 Å². The van der Waals surface area contributed by atoms with Gasteiger partial charge in [0.05, 0.1) is 13.0 Å². The fraction of sp³-hybridized carbons (Fsp3) is 0.444. The van der Waals surface area contributed by atoms with Crippen LogP contribution < -0.4 is 0 Å². The molecule has 0 bridgehead atoms. The molecule has 0 spiro atoms. The maximum Gasteiger partial charge on any atom is 0.306 e. The van der Waals surface area contributed by atoms with Crippen LogP contribution in [0, 0.1) is 0 Å². The SMILES string of the molecule is CCOC(=O)CCSc1ncccn1. The lowest BCUT2D eigenvalue weighted by Crippen LogP contribution is -2.04. The van der Waals surface area contributed by atoms with Gasteiger partial charge < -0.3 is 4.74 Å². The van der Waals surface area contributed by atoms with Crippen LogP contribution in [0.4, 0.5) is 0 Å². The molecular formula is C9H12N2O2S. The van der Waals surface area contributed by atoms with Crippen LogP contribution in [-0.4, -0.2) is 28.3 Å². The van der Waals surface area contributed by atoms with Crippen molar-refractivity contribution in [2.45, 2.75) is 18.5 Å². The second kappa shape index (κ2) is 6.37. The first-order valence-electron chi connectivity index (χ1n) is 4.38. The maximum absolute atomic E-state index is 11.0. The van der Waals surface area contributed by atoms with Crippen molar-refractivity contribution in [3.8, 4) is 0 Å². The summed E-state index contributed by atoms with van der Waals surface area (Å²) in [4.78, 5) is 19.0. The number of hydrogen-bond acceptors (Lipinski definition) is 5. The second-order valence-corrected chi connectivity index (χ2v) is 3.50. The molecule has 76 valence electrons. The average molecular weight is 212 g/mol. The molecule has 0 fully saturated rings. The standard InChI is InChI=1S/C9H12N2O2S/c1-2-13-8(12)4-7-14-9-10-5-3-6-11-9/h3,5-6H,2,4,7H2,1H3. The molecule has 0 saturated carbocycles. The van der Waals surface area contributed by atoms with E-state index >= 15 is 0 Å². The van der Waals surface area contributed by atoms with Gasteiger partial charge in [-0.05, 0) is 13.0 Å². The third kappa shape index (κ3) is 4.23. The van der Waals surface area contributed by atoms with Gasteiger partial charge in [0.25, 0.3) is 0 Å². The molecule has 1 aromatic heterocycles. The Morgan fingerprint density at radius 3 is 2.86 bits per heavy atom. The number of carbonyl (C=O) groups excluding carboxylic acids is 1. The van der Waals surface area contributed by atoms with Crippen LogP contribution in [0.25, 0.3) is 0 Å². The molecule has 1 rings (SSSR count). The van der Waals surface area contributed by atoms with Gasteiger partial charge in [-0.1, -0.05) is 11.8 Å². The molecule has 4 nitrogen and oxygen atoms in total. The quantitative estimate of drug-likeness (QED) is 0.421. The van der Waals surface area contributed by atoms with Crippen molar-refractivity contribution in [2.75, 3.05) is 12.4 Å². The number of nitrogens with zero attached hydrogens (tertiary/aromatic N) is 2. The summed E-state index contributed by atoms with van der Waals surface area (Å²) >= 11 is 1.45. The second-order valence-electron chi connectivity index (χ2n) is 2.43. The van der Waals surface area contributed by atoms with Gasteiger partial charge in [-0.2, -0.15) is 0 Å². The number of ether oxygens (including phenoxy) is 1. The van der Waals surface area contributed by atoms with Crippen molar-refractivity contribution in [3.63, 3.8) is 0 Å². The monoisotopic (exact) mass is 212 g/mol. The Bertz CT molecular complexity index is 279. The number of aromatic nitrogens is 2. The van der Waals surface area contributed by atoms with Crippen molar-refractivity contribution in [1.82, 2.24) is 9.97 Å². The van der Waals surface area contributed by atoms with Gasteiger partial charge in [0.2, 0.25) is 0 Å². The van der Waals surface area contributed by atoms with Crippen molar-refractivity contribution < 1.29 is 9.53 Å². The minimum Gasteiger partial charge on any atom is -0.466 e. The van der Waals surface area contributed by atoms with Gasteiger partial charge in [0, 0.05) is 18.1 Å². The molecule has 1 aromatic rings. The summed E-state index contributed by atoms with van der Waals surface area (Å²) in [6, 6.07) is 1.76. The van der Waals surface area contributed by atoms with E-state index in [0.29, 0.717) is 23.9 Å². The molecule has 14 heavy (non-hydrogen) atoms. The van der Waals surface area contributed by atoms with E-state index in [1.54, 1.807) is 25.4 Å². The Morgan fingerprint density at radius 2 is 2.21 bits per heavy atom. The van der Waals surface area contributed by atoms with E-state index in [1.807, 2.05) is 0 Å². The van der Waals surface area contributed by atoms with E-state index < -0.39 is 0 Å². The molecule has 5 heteroatoms. The van der Waals surface area contributed by atoms with Gasteiger partial charge in [-0.3, -0.25) is 4.79 Å². The summed E-state index contributed by atoms with van der Waals surface area (Å²) in [5.74, 6) is 0.485. The van der Waals surface area contributed by atoms with Crippen LogP contribution in [-0.2, 0) is 9.53 Å². The first kappa shape index (κ1) is 11.0. The maximum atomic E-state index is 11.0. The summed E-state index contributed by atoms with van der Waals surface area (Å²) in [7, 11) is 0. The van der Waals surface area contributed by atoms with Gasteiger partial charge in [-0.15, -0.1) is 0 Å². The predicted octanol–water partition coefficient (Wildman–Crippen LogP) is 1.52. The zero-order valence-electron chi connectivity index (χ0n) is 7.97. The molecule has 0 unspecified atom stereocenters. The Morgan fingerprint density at radius 1 is 1.50 bits per heavy atom. The minimum absolute atomic E-state index is 0.170. The van der Waals surface area contributed by atoms with E-state index in [-0.39, 0.29) is 5.97 Å². The molecule has 0 aliphatic rings. The van der Waals surface area contributed by atoms with Crippen LogP contribution in [0.2, 0.25) is 0 Å². The molecule has 0 amide bonds. The molecule has 0 radical (unpaired) electrons. The van der Waals surface area contributed by atoms with Crippen LogP contribution in [0.5, 0.6) is 0 Å². The highest BCUT2D eigenvalue weighted by Crippen LogP contribution is 2.12. The third-order valence-corrected chi connectivity index (χ3v) is 2.26. The summed E-state index contributed by atoms with van der Waals surface area (Å²) in [6.45, 7) is 2.23. The zero-order chi connectivity index (χ0) is 10.2. The Hall–Kier alpha value is -1.10. The topological polar surface area (TPSA) is 52.1 Å². The molecule has 0 saturated heterocycles. The molecule has 0 aromatic carbocycles. The van der Waals surface area contributed by atoms with E-state index in [2.05, 4.69) is 9.97 Å². The lowest BCUT2D eigenvalue weighted by molar-refractivity contribution is -0.142. The molecule has 0 aliphatic heterocycles. The van der Waals surface area contributed by atoms with Gasteiger partial charge in [0.15, 0.2) is 5.16 Å². The minimum atomic E-state index is -0.170. The normalized spacial score (nSPS) is 9.79. The van der Waals surface area contributed by atoms with E-state index in [0.717, 1.165) is 0 Å². The van der Waals surface area contributed by atoms with Crippen molar-refractivity contribution in [2.24, 2.45) is 0 Å². The fourth-order valence-electron chi connectivity index (χ4n) is 0.819. The summed E-state index contributed by atoms with van der Waals surface area (Å²) in [5, 5.41) is 0.691. The number of rotatable bonds is 5. The molecule has 0 N–H and O–H groups in total. The Balaban J connectivity index is 2.19. The number of esters is 1. The van der Waals surface area contributed by atoms with Gasteiger partial charge >= 0.3 is 5.97 Å². The smallest absolute Gasteiger partial charge is 0.306 e. The largest absolute Gasteiger partial charge is 0.466 e. The average Bonchev–Trinajstić information content (AvgIpc) is 2.20. The zero-order valence-corrected chi connectivity index (χ0v) is 8.79. The molecule has 0 atom stereocenters. The highest BCUT2D eigenvalue weighted by atomic mass is 32.2. The number of carbonyl (C=O) groups is 1. The predicted molar refractivity (Wildman–Crippen MR) is 54.0 cm³/mol. The van der Waals surface area contributed by atoms with Crippen molar-refractivity contribution >= 4 is 17.7 Å². The van der Waals surface area contributed by atoms with Gasteiger partial charge in [-0.25, -0.2) is 9.97 Å². The Labute approximate surface area is 87.1 Å². The number of hydrogen-bond donors (Lipinski definition) is 0. The van der Waals surface area contributed by atoms with Crippen LogP contribution in [0.1, 0.15) is 13.3 Å². The van der Waals surface area contributed by atoms with E-state index in [4.69, 9.17) is 4.74 Å². The number of thioether (sulfide) groups is 1. The van der Waals surface area contributed by atoms with E-state index in [9.17, 15) is 4.79 Å². The van der Waals surface area contributed by atoms with Crippen molar-refractivity contribution in [3.05, 3.63) is 18.5 Å². The highest BCUT2D eigenvalue weighted by molar-refractivity contribution is 7.99. The Kier molecular flexibility index (Phi) is 4.99. The van der Waals surface area contributed by atoms with Crippen LogP contribution in [0.3, 0.4) is 0 Å². The summed E-state index contributed by atoms with van der Waals surface area (Å²) < 4.78 is 4.79. The first-order valence-corrected chi connectivity index (χ1v) is 5.37. The fourth-order valence-corrected chi connectivity index (χ4v) is 1.54. The van der Waals surface area contributed by atoms with Crippen LogP contribution in [0.15, 0.2) is 23.6 Å². The first-order chi connectivity index (χ1) is 6.83.